The van der Waals surface area contributed by atoms with E-state index in [9.17, 15) is 14.9 Å². The van der Waals surface area contributed by atoms with Crippen molar-refractivity contribution in [2.45, 2.75) is 40.3 Å². The van der Waals surface area contributed by atoms with E-state index in [1.54, 1.807) is 17.9 Å². The molecule has 8 heteroatoms. The van der Waals surface area contributed by atoms with Crippen molar-refractivity contribution in [2.75, 3.05) is 4.90 Å². The molecule has 0 spiro atoms. The van der Waals surface area contributed by atoms with Crippen LogP contribution in [0.3, 0.4) is 0 Å². The van der Waals surface area contributed by atoms with Gasteiger partial charge in [0.1, 0.15) is 5.76 Å². The van der Waals surface area contributed by atoms with Crippen LogP contribution in [0.1, 0.15) is 30.9 Å². The van der Waals surface area contributed by atoms with Crippen LogP contribution in [0.2, 0.25) is 0 Å². The van der Waals surface area contributed by atoms with Gasteiger partial charge >= 0.3 is 0 Å². The maximum atomic E-state index is 12.9. The summed E-state index contributed by atoms with van der Waals surface area (Å²) in [7, 11) is 0. The van der Waals surface area contributed by atoms with Gasteiger partial charge in [-0.2, -0.15) is 0 Å². The molecule has 0 N–H and O–H groups in total. The topological polar surface area (TPSA) is 98.7 Å². The molecule has 1 aromatic carbocycles. The second-order valence-electron chi connectivity index (χ2n) is 6.42. The Balaban J connectivity index is 2.07. The molecule has 25 heavy (non-hydrogen) atoms. The smallest absolute Gasteiger partial charge is 0.273 e. The Bertz CT molecular complexity index is 823. The summed E-state index contributed by atoms with van der Waals surface area (Å²) in [4.78, 5) is 25.1. The molecule has 3 rings (SSSR count). The first kappa shape index (κ1) is 16.9. The fourth-order valence-electron chi connectivity index (χ4n) is 2.86. The molecule has 1 aliphatic rings. The average Bonchev–Trinajstić information content (AvgIpc) is 2.87. The zero-order valence-electron chi connectivity index (χ0n) is 14.5. The zero-order chi connectivity index (χ0) is 18.3. The first-order valence-electron chi connectivity index (χ1n) is 7.97. The number of carbonyl (C=O) groups is 1. The number of rotatable bonds is 4. The summed E-state index contributed by atoms with van der Waals surface area (Å²) < 4.78 is 10.9. The first-order valence-corrected chi connectivity index (χ1v) is 7.97. The molecule has 0 saturated carbocycles. The number of nitro groups is 1. The number of ether oxygens (including phenoxy) is 1. The number of nitrogens with zero attached hydrogens (tertiary/aromatic N) is 3. The molecule has 1 aromatic heterocycles. The minimum Gasteiger partial charge on any atom is -0.478 e. The van der Waals surface area contributed by atoms with Gasteiger partial charge in [0.15, 0.2) is 11.9 Å². The van der Waals surface area contributed by atoms with Crippen LogP contribution in [0.4, 0.5) is 11.4 Å². The number of non-ortho nitro benzene ring substituents is 1. The van der Waals surface area contributed by atoms with Gasteiger partial charge in [0.05, 0.1) is 28.9 Å². The van der Waals surface area contributed by atoms with Crippen LogP contribution in [-0.4, -0.2) is 22.1 Å². The molecule has 0 fully saturated rings. The number of fused-ring (bicyclic) bond motifs is 1. The van der Waals surface area contributed by atoms with Crippen molar-refractivity contribution in [1.29, 1.82) is 0 Å². The molecule has 0 bridgehead atoms. The number of aryl methyl sites for hydroxylation is 2. The summed E-state index contributed by atoms with van der Waals surface area (Å²) in [5, 5.41) is 15.0. The van der Waals surface area contributed by atoms with Crippen LogP contribution in [0, 0.1) is 29.9 Å². The number of benzene rings is 1. The van der Waals surface area contributed by atoms with Crippen LogP contribution >= 0.6 is 0 Å². The quantitative estimate of drug-likeness (QED) is 0.623. The molecule has 1 atom stereocenters. The number of anilines is 1. The minimum absolute atomic E-state index is 0.0760. The molecule has 0 aliphatic carbocycles. The summed E-state index contributed by atoms with van der Waals surface area (Å²) in [6.07, 6.45) is -0.699. The molecular weight excluding hydrogens is 326 g/mol. The normalized spacial score (nSPS) is 16.8. The highest BCUT2D eigenvalue weighted by atomic mass is 16.6. The van der Waals surface area contributed by atoms with Gasteiger partial charge in [-0.05, 0) is 25.8 Å². The second kappa shape index (κ2) is 6.19. The molecule has 0 saturated heterocycles. The van der Waals surface area contributed by atoms with Crippen LogP contribution in [0.15, 0.2) is 22.7 Å². The van der Waals surface area contributed by atoms with E-state index in [1.165, 1.54) is 12.1 Å². The van der Waals surface area contributed by atoms with Gasteiger partial charge in [-0.1, -0.05) is 19.0 Å². The fraction of sp³-hybridized carbons (Fsp3) is 0.412. The summed E-state index contributed by atoms with van der Waals surface area (Å²) in [6, 6.07) is 4.27. The predicted octanol–water partition coefficient (Wildman–Crippen LogP) is 3.15. The Hall–Kier alpha value is -2.90. The van der Waals surface area contributed by atoms with E-state index in [-0.39, 0.29) is 24.1 Å². The Kier molecular flexibility index (Phi) is 4.20. The molecule has 8 nitrogen and oxygen atoms in total. The van der Waals surface area contributed by atoms with E-state index in [2.05, 4.69) is 5.16 Å². The predicted molar refractivity (Wildman–Crippen MR) is 89.5 cm³/mol. The van der Waals surface area contributed by atoms with Gasteiger partial charge in [-0.3, -0.25) is 14.9 Å². The number of hydrogen-bond acceptors (Lipinski definition) is 6. The lowest BCUT2D eigenvalue weighted by atomic mass is 10.0. The van der Waals surface area contributed by atoms with Crippen molar-refractivity contribution >= 4 is 17.3 Å². The van der Waals surface area contributed by atoms with E-state index < -0.39 is 11.0 Å². The summed E-state index contributed by atoms with van der Waals surface area (Å²) >= 11 is 0. The van der Waals surface area contributed by atoms with Crippen molar-refractivity contribution in [3.05, 3.63) is 45.3 Å². The molecule has 0 radical (unpaired) electrons. The first-order chi connectivity index (χ1) is 11.8. The van der Waals surface area contributed by atoms with E-state index in [0.717, 1.165) is 5.56 Å². The second-order valence-corrected chi connectivity index (χ2v) is 6.42. The number of hydrogen-bond donors (Lipinski definition) is 0. The molecular formula is C17H19N3O5. The SMILES string of the molecule is Cc1noc(C)c1CN1C(=O)C(C(C)C)Oc2cc([N+](=O)[O-])ccc21. The van der Waals surface area contributed by atoms with Crippen molar-refractivity contribution in [3.63, 3.8) is 0 Å². The average molecular weight is 345 g/mol. The van der Waals surface area contributed by atoms with E-state index >= 15 is 0 Å². The monoisotopic (exact) mass is 345 g/mol. The molecule has 1 unspecified atom stereocenters. The number of aromatic nitrogens is 1. The maximum absolute atomic E-state index is 12.9. The van der Waals surface area contributed by atoms with Gasteiger partial charge in [0.2, 0.25) is 0 Å². The lowest BCUT2D eigenvalue weighted by molar-refractivity contribution is -0.384. The van der Waals surface area contributed by atoms with Crippen LogP contribution in [0.5, 0.6) is 5.75 Å². The Morgan fingerprint density at radius 2 is 2.08 bits per heavy atom. The van der Waals surface area contributed by atoms with Crippen LogP contribution < -0.4 is 9.64 Å². The molecule has 1 amide bonds. The third-order valence-electron chi connectivity index (χ3n) is 4.31. The zero-order valence-corrected chi connectivity index (χ0v) is 14.5. The van der Waals surface area contributed by atoms with E-state index in [1.807, 2.05) is 20.8 Å². The molecule has 132 valence electrons. The molecule has 1 aliphatic heterocycles. The van der Waals surface area contributed by atoms with Gasteiger partial charge in [-0.25, -0.2) is 0 Å². The van der Waals surface area contributed by atoms with Crippen molar-refractivity contribution in [3.8, 4) is 5.75 Å². The fourth-order valence-corrected chi connectivity index (χ4v) is 2.86. The Labute approximate surface area is 144 Å². The van der Waals surface area contributed by atoms with Crippen molar-refractivity contribution in [1.82, 2.24) is 5.16 Å². The van der Waals surface area contributed by atoms with Gasteiger partial charge in [-0.15, -0.1) is 0 Å². The van der Waals surface area contributed by atoms with Crippen LogP contribution in [0.25, 0.3) is 0 Å². The summed E-state index contributed by atoms with van der Waals surface area (Å²) in [6.45, 7) is 7.62. The summed E-state index contributed by atoms with van der Waals surface area (Å²) in [5.41, 5.74) is 1.96. The summed E-state index contributed by atoms with van der Waals surface area (Å²) in [5.74, 6) is 0.712. The highest BCUT2D eigenvalue weighted by molar-refractivity contribution is 6.00. The minimum atomic E-state index is -0.699. The third-order valence-corrected chi connectivity index (χ3v) is 4.31. The van der Waals surface area contributed by atoms with E-state index in [4.69, 9.17) is 9.26 Å². The molecule has 2 heterocycles. The Morgan fingerprint density at radius 1 is 1.36 bits per heavy atom. The Morgan fingerprint density at radius 3 is 2.64 bits per heavy atom. The third kappa shape index (κ3) is 2.95. The largest absolute Gasteiger partial charge is 0.478 e. The van der Waals surface area contributed by atoms with Gasteiger partial charge < -0.3 is 14.2 Å². The maximum Gasteiger partial charge on any atom is 0.273 e. The highest BCUT2D eigenvalue weighted by Gasteiger charge is 2.37. The number of nitro benzene ring substituents is 1. The lowest BCUT2D eigenvalue weighted by Gasteiger charge is -2.35. The van der Waals surface area contributed by atoms with Crippen LogP contribution in [-0.2, 0) is 11.3 Å². The highest BCUT2D eigenvalue weighted by Crippen LogP contribution is 2.39. The van der Waals surface area contributed by atoms with E-state index in [0.29, 0.717) is 22.9 Å². The number of carbonyl (C=O) groups excluding carboxylic acids is 1. The van der Waals surface area contributed by atoms with Gasteiger partial charge in [0.25, 0.3) is 11.6 Å². The molecule has 2 aromatic rings. The standard InChI is InChI=1S/C17H19N3O5/c1-9(2)16-17(21)19(8-13-10(3)18-25-11(13)4)14-6-5-12(20(22)23)7-15(14)24-16/h5-7,9,16H,8H2,1-4H3. The number of amides is 1. The van der Waals surface area contributed by atoms with Crippen molar-refractivity contribution < 1.29 is 19.0 Å². The lowest BCUT2D eigenvalue weighted by Crippen LogP contribution is -2.48. The van der Waals surface area contributed by atoms with Crippen molar-refractivity contribution in [2.24, 2.45) is 5.92 Å². The van der Waals surface area contributed by atoms with Gasteiger partial charge in [0, 0.05) is 11.6 Å².